The molecule has 94 valence electrons. The number of thioether (sulfide) groups is 1. The molecule has 0 aliphatic carbocycles. The van der Waals surface area contributed by atoms with E-state index in [4.69, 9.17) is 0 Å². The van der Waals surface area contributed by atoms with Crippen molar-refractivity contribution in [3.8, 4) is 0 Å². The molecule has 3 rings (SSSR count). The van der Waals surface area contributed by atoms with Crippen molar-refractivity contribution in [3.63, 3.8) is 0 Å². The van der Waals surface area contributed by atoms with Gasteiger partial charge in [-0.25, -0.2) is 8.42 Å². The van der Waals surface area contributed by atoms with E-state index in [2.05, 4.69) is 0 Å². The number of nitrogens with zero attached hydrogens (tertiary/aromatic N) is 1. The van der Waals surface area contributed by atoms with E-state index in [0.29, 0.717) is 4.90 Å². The lowest BCUT2D eigenvalue weighted by Gasteiger charge is -2.31. The molecule has 1 aliphatic heterocycles. The van der Waals surface area contributed by atoms with E-state index in [1.54, 1.807) is 42.3 Å². The van der Waals surface area contributed by atoms with Crippen LogP contribution in [0.5, 0.6) is 0 Å². The first-order valence-electron chi connectivity index (χ1n) is 5.38. The zero-order chi connectivity index (χ0) is 12.8. The predicted molar refractivity (Wildman–Crippen MR) is 74.3 cm³/mol. The summed E-state index contributed by atoms with van der Waals surface area (Å²) in [5.41, 5.74) is 0. The Bertz CT molecular complexity index is 664. The van der Waals surface area contributed by atoms with Crippen LogP contribution in [0, 0.1) is 0 Å². The number of hydrogen-bond donors (Lipinski definition) is 0. The fraction of sp³-hybridized carbons (Fsp3) is 0.167. The van der Waals surface area contributed by atoms with Gasteiger partial charge < -0.3 is 0 Å². The largest absolute Gasteiger partial charge is 0.245 e. The number of sulfonamides is 1. The van der Waals surface area contributed by atoms with Crippen molar-refractivity contribution in [2.24, 2.45) is 0 Å². The fourth-order valence-electron chi connectivity index (χ4n) is 1.91. The summed E-state index contributed by atoms with van der Waals surface area (Å²) < 4.78 is 26.3. The molecule has 0 saturated carbocycles. The Hall–Kier alpha value is -0.820. The molecule has 2 heterocycles. The molecule has 1 aliphatic rings. The third kappa shape index (κ3) is 1.80. The molecule has 0 spiro atoms. The van der Waals surface area contributed by atoms with Crippen molar-refractivity contribution in [3.05, 3.63) is 46.7 Å². The second-order valence-corrected chi connectivity index (χ2v) is 8.02. The zero-order valence-corrected chi connectivity index (χ0v) is 12.1. The van der Waals surface area contributed by atoms with E-state index in [9.17, 15) is 8.42 Å². The summed E-state index contributed by atoms with van der Waals surface area (Å²) >= 11 is 3.16. The summed E-state index contributed by atoms with van der Waals surface area (Å²) in [4.78, 5) is 2.29. The predicted octanol–water partition coefficient (Wildman–Crippen LogP) is 3.17. The van der Waals surface area contributed by atoms with Gasteiger partial charge in [0.25, 0.3) is 0 Å². The van der Waals surface area contributed by atoms with Gasteiger partial charge in [0.05, 0.1) is 4.90 Å². The average molecular weight is 297 g/mol. The Morgan fingerprint density at radius 2 is 1.94 bits per heavy atom. The topological polar surface area (TPSA) is 37.4 Å². The molecule has 0 amide bonds. The van der Waals surface area contributed by atoms with Gasteiger partial charge in [-0.05, 0) is 23.6 Å². The monoisotopic (exact) mass is 297 g/mol. The highest BCUT2D eigenvalue weighted by molar-refractivity contribution is 8.02. The van der Waals surface area contributed by atoms with Crippen LogP contribution in [-0.4, -0.2) is 19.8 Å². The SMILES string of the molecule is CN1C(c2cccs2)Sc2ccccc2S1(=O)=O. The molecular weight excluding hydrogens is 286 g/mol. The minimum absolute atomic E-state index is 0.162. The molecule has 0 N–H and O–H groups in total. The van der Waals surface area contributed by atoms with Gasteiger partial charge in [-0.1, -0.05) is 30.0 Å². The third-order valence-electron chi connectivity index (χ3n) is 2.86. The van der Waals surface area contributed by atoms with Crippen LogP contribution in [0.4, 0.5) is 0 Å². The molecule has 1 atom stereocenters. The first kappa shape index (κ1) is 12.2. The molecule has 1 aromatic carbocycles. The van der Waals surface area contributed by atoms with E-state index in [0.717, 1.165) is 9.77 Å². The molecule has 1 unspecified atom stereocenters. The minimum Gasteiger partial charge on any atom is -0.207 e. The Morgan fingerprint density at radius 1 is 1.17 bits per heavy atom. The van der Waals surface area contributed by atoms with Gasteiger partial charge in [-0.2, -0.15) is 4.31 Å². The lowest BCUT2D eigenvalue weighted by Crippen LogP contribution is -2.32. The van der Waals surface area contributed by atoms with Crippen LogP contribution < -0.4 is 0 Å². The quantitative estimate of drug-likeness (QED) is 0.811. The van der Waals surface area contributed by atoms with Gasteiger partial charge in [0.2, 0.25) is 10.0 Å². The highest BCUT2D eigenvalue weighted by Gasteiger charge is 2.37. The van der Waals surface area contributed by atoms with Crippen molar-refractivity contribution in [1.29, 1.82) is 0 Å². The highest BCUT2D eigenvalue weighted by atomic mass is 32.2. The van der Waals surface area contributed by atoms with Gasteiger partial charge in [0.1, 0.15) is 5.37 Å². The van der Waals surface area contributed by atoms with Crippen LogP contribution in [0.1, 0.15) is 10.3 Å². The van der Waals surface area contributed by atoms with E-state index >= 15 is 0 Å². The van der Waals surface area contributed by atoms with Gasteiger partial charge in [-0.3, -0.25) is 0 Å². The summed E-state index contributed by atoms with van der Waals surface area (Å²) in [5, 5.41) is 1.81. The van der Waals surface area contributed by atoms with Gasteiger partial charge in [-0.15, -0.1) is 11.3 Å². The number of fused-ring (bicyclic) bond motifs is 1. The van der Waals surface area contributed by atoms with E-state index in [1.165, 1.54) is 4.31 Å². The highest BCUT2D eigenvalue weighted by Crippen LogP contribution is 2.48. The molecule has 0 radical (unpaired) electrons. The molecule has 0 bridgehead atoms. The molecule has 2 aromatic rings. The number of benzene rings is 1. The maximum atomic E-state index is 12.4. The Balaban J connectivity index is 2.15. The standard InChI is InChI=1S/C12H11NO2S3/c1-13-12(10-6-4-8-16-10)17-9-5-2-3-7-11(9)18(13,14)15/h2-8,12H,1H3. The van der Waals surface area contributed by atoms with Crippen molar-refractivity contribution < 1.29 is 8.42 Å². The van der Waals surface area contributed by atoms with Crippen molar-refractivity contribution in [1.82, 2.24) is 4.31 Å². The van der Waals surface area contributed by atoms with Crippen molar-refractivity contribution >= 4 is 33.1 Å². The van der Waals surface area contributed by atoms with E-state index < -0.39 is 10.0 Å². The van der Waals surface area contributed by atoms with Crippen LogP contribution in [0.2, 0.25) is 0 Å². The van der Waals surface area contributed by atoms with E-state index in [1.807, 2.05) is 29.6 Å². The first-order chi connectivity index (χ1) is 8.60. The van der Waals surface area contributed by atoms with Gasteiger partial charge in [0.15, 0.2) is 0 Å². The first-order valence-corrected chi connectivity index (χ1v) is 8.58. The lowest BCUT2D eigenvalue weighted by molar-refractivity contribution is 0.454. The fourth-order valence-corrected chi connectivity index (χ4v) is 6.13. The summed E-state index contributed by atoms with van der Waals surface area (Å²) in [6.07, 6.45) is 0. The summed E-state index contributed by atoms with van der Waals surface area (Å²) in [6, 6.07) is 11.1. The maximum absolute atomic E-state index is 12.4. The van der Waals surface area contributed by atoms with Crippen LogP contribution in [0.3, 0.4) is 0 Å². The molecule has 3 nitrogen and oxygen atoms in total. The van der Waals surface area contributed by atoms with Crippen LogP contribution in [0.25, 0.3) is 0 Å². The summed E-state index contributed by atoms with van der Waals surface area (Å²) in [7, 11) is -1.74. The minimum atomic E-state index is -3.38. The molecule has 0 saturated heterocycles. The average Bonchev–Trinajstić information content (AvgIpc) is 2.88. The van der Waals surface area contributed by atoms with Crippen molar-refractivity contribution in [2.45, 2.75) is 15.2 Å². The van der Waals surface area contributed by atoms with Gasteiger partial charge >= 0.3 is 0 Å². The zero-order valence-electron chi connectivity index (χ0n) is 9.61. The molecule has 6 heteroatoms. The Labute approximate surface area is 114 Å². The van der Waals surface area contributed by atoms with E-state index in [-0.39, 0.29) is 5.37 Å². The van der Waals surface area contributed by atoms with Crippen molar-refractivity contribution in [2.75, 3.05) is 7.05 Å². The number of hydrogen-bond acceptors (Lipinski definition) is 4. The third-order valence-corrected chi connectivity index (χ3v) is 7.48. The number of rotatable bonds is 1. The second kappa shape index (κ2) is 4.38. The van der Waals surface area contributed by atoms with Crippen LogP contribution in [0.15, 0.2) is 51.6 Å². The Morgan fingerprint density at radius 3 is 2.67 bits per heavy atom. The molecule has 1 aromatic heterocycles. The van der Waals surface area contributed by atoms with Crippen LogP contribution >= 0.6 is 23.1 Å². The van der Waals surface area contributed by atoms with Gasteiger partial charge in [0, 0.05) is 16.8 Å². The van der Waals surface area contributed by atoms with Crippen LogP contribution in [-0.2, 0) is 10.0 Å². The Kier molecular flexibility index (Phi) is 2.97. The number of thiophene rings is 1. The summed E-state index contributed by atoms with van der Waals surface area (Å²) in [6.45, 7) is 0. The normalized spacial score (nSPS) is 22.6. The molecular formula is C12H11NO2S3. The smallest absolute Gasteiger partial charge is 0.207 e. The molecule has 0 fully saturated rings. The second-order valence-electron chi connectivity index (χ2n) is 3.95. The lowest BCUT2D eigenvalue weighted by atomic mass is 10.4. The maximum Gasteiger partial charge on any atom is 0.245 e. The molecule has 18 heavy (non-hydrogen) atoms. The summed E-state index contributed by atoms with van der Waals surface area (Å²) in [5.74, 6) is 0.